The first kappa shape index (κ1) is 14.7. The topological polar surface area (TPSA) is 69.4 Å². The zero-order chi connectivity index (χ0) is 14.8. The molecule has 2 aromatic carbocycles. The van der Waals surface area contributed by atoms with Crippen molar-refractivity contribution in [3.8, 4) is 5.75 Å². The molecule has 2 aromatic rings. The first-order valence-electron chi connectivity index (χ1n) is 5.83. The molecular weight excluding hydrogens is 298 g/mol. The molecule has 4 nitrogen and oxygen atoms in total. The molecule has 0 saturated carbocycles. The van der Waals surface area contributed by atoms with E-state index in [9.17, 15) is 8.42 Å². The van der Waals surface area contributed by atoms with E-state index >= 15 is 0 Å². The van der Waals surface area contributed by atoms with E-state index in [4.69, 9.17) is 22.1 Å². The molecule has 0 fully saturated rings. The lowest BCUT2D eigenvalue weighted by molar-refractivity contribution is 0.308. The van der Waals surface area contributed by atoms with Crippen LogP contribution in [0.3, 0.4) is 0 Å². The van der Waals surface area contributed by atoms with E-state index in [2.05, 4.69) is 0 Å². The van der Waals surface area contributed by atoms with Crippen molar-refractivity contribution >= 4 is 27.1 Å². The van der Waals surface area contributed by atoms with Crippen molar-refractivity contribution < 1.29 is 13.2 Å². The molecule has 20 heavy (non-hydrogen) atoms. The Bertz CT molecular complexity index is 729. The van der Waals surface area contributed by atoms with Gasteiger partial charge in [0.1, 0.15) is 12.4 Å². The normalized spacial score (nSPS) is 11.3. The van der Waals surface area contributed by atoms with Crippen LogP contribution in [-0.4, -0.2) is 14.7 Å². The van der Waals surface area contributed by atoms with Crippen LogP contribution < -0.4 is 10.5 Å². The van der Waals surface area contributed by atoms with E-state index in [0.29, 0.717) is 17.4 Å². The van der Waals surface area contributed by atoms with Gasteiger partial charge in [-0.25, -0.2) is 8.42 Å². The fourth-order valence-corrected chi connectivity index (χ4v) is 2.55. The zero-order valence-electron chi connectivity index (χ0n) is 10.8. The number of nitrogens with two attached hydrogens (primary N) is 1. The molecule has 0 aliphatic heterocycles. The molecule has 0 amide bonds. The summed E-state index contributed by atoms with van der Waals surface area (Å²) in [6, 6.07) is 11.7. The Hall–Kier alpha value is -1.72. The smallest absolute Gasteiger partial charge is 0.175 e. The quantitative estimate of drug-likeness (QED) is 0.881. The molecule has 0 atom stereocenters. The minimum absolute atomic E-state index is 0.171. The van der Waals surface area contributed by atoms with Crippen molar-refractivity contribution in [1.29, 1.82) is 0 Å². The highest BCUT2D eigenvalue weighted by Gasteiger charge is 2.10. The maximum atomic E-state index is 11.4. The molecule has 2 N–H and O–H groups in total. The van der Waals surface area contributed by atoms with Gasteiger partial charge in [-0.3, -0.25) is 0 Å². The fourth-order valence-electron chi connectivity index (χ4n) is 1.68. The monoisotopic (exact) mass is 311 g/mol. The number of hydrogen-bond donors (Lipinski definition) is 1. The number of benzene rings is 2. The van der Waals surface area contributed by atoms with Crippen molar-refractivity contribution in [2.75, 3.05) is 12.0 Å². The van der Waals surface area contributed by atoms with Gasteiger partial charge in [0.2, 0.25) is 0 Å². The maximum Gasteiger partial charge on any atom is 0.175 e. The Labute approximate surface area is 123 Å². The molecule has 0 radical (unpaired) electrons. The van der Waals surface area contributed by atoms with Crippen molar-refractivity contribution in [1.82, 2.24) is 0 Å². The van der Waals surface area contributed by atoms with Crippen LogP contribution in [0.1, 0.15) is 5.56 Å². The molecule has 0 aromatic heterocycles. The SMILES string of the molecule is CS(=O)(=O)c1ccc(OCc2cccc(Cl)c2)c(N)c1. The van der Waals surface area contributed by atoms with E-state index in [1.165, 1.54) is 12.1 Å². The van der Waals surface area contributed by atoms with Crippen LogP contribution in [0.2, 0.25) is 5.02 Å². The summed E-state index contributed by atoms with van der Waals surface area (Å²) in [7, 11) is -3.27. The summed E-state index contributed by atoms with van der Waals surface area (Å²) in [6.07, 6.45) is 1.13. The molecule has 0 aliphatic rings. The third kappa shape index (κ3) is 3.65. The van der Waals surface area contributed by atoms with Crippen LogP contribution in [0, 0.1) is 0 Å². The first-order valence-corrected chi connectivity index (χ1v) is 8.10. The van der Waals surface area contributed by atoms with E-state index in [1.807, 2.05) is 12.1 Å². The lowest BCUT2D eigenvalue weighted by Gasteiger charge is -2.10. The largest absolute Gasteiger partial charge is 0.487 e. The standard InChI is InChI=1S/C14H14ClNO3S/c1-20(17,18)12-5-6-14(13(16)8-12)19-9-10-3-2-4-11(15)7-10/h2-8H,9,16H2,1H3. The average molecular weight is 312 g/mol. The Morgan fingerprint density at radius 1 is 1.20 bits per heavy atom. The fraction of sp³-hybridized carbons (Fsp3) is 0.143. The zero-order valence-corrected chi connectivity index (χ0v) is 12.4. The number of hydrogen-bond acceptors (Lipinski definition) is 4. The summed E-state index contributed by atoms with van der Waals surface area (Å²) in [4.78, 5) is 0.171. The maximum absolute atomic E-state index is 11.4. The molecule has 0 aliphatic carbocycles. The molecule has 0 spiro atoms. The second-order valence-corrected chi connectivity index (χ2v) is 6.84. The number of ether oxygens (including phenoxy) is 1. The van der Waals surface area contributed by atoms with Gasteiger partial charge in [-0.1, -0.05) is 23.7 Å². The highest BCUT2D eigenvalue weighted by Crippen LogP contribution is 2.25. The summed E-state index contributed by atoms with van der Waals surface area (Å²) in [5, 5.41) is 0.631. The van der Waals surface area contributed by atoms with Crippen molar-refractivity contribution in [2.24, 2.45) is 0 Å². The molecule has 6 heteroatoms. The third-order valence-corrected chi connectivity index (χ3v) is 4.04. The molecule has 106 valence electrons. The average Bonchev–Trinajstić information content (AvgIpc) is 2.36. The predicted molar refractivity (Wildman–Crippen MR) is 79.7 cm³/mol. The van der Waals surface area contributed by atoms with E-state index < -0.39 is 9.84 Å². The highest BCUT2D eigenvalue weighted by molar-refractivity contribution is 7.90. The number of rotatable bonds is 4. The van der Waals surface area contributed by atoms with Crippen LogP contribution in [0.25, 0.3) is 0 Å². The van der Waals surface area contributed by atoms with E-state index in [1.54, 1.807) is 18.2 Å². The Morgan fingerprint density at radius 3 is 2.55 bits per heavy atom. The number of sulfone groups is 1. The summed E-state index contributed by atoms with van der Waals surface area (Å²) >= 11 is 5.88. The van der Waals surface area contributed by atoms with Gasteiger partial charge in [0, 0.05) is 11.3 Å². The van der Waals surface area contributed by atoms with Gasteiger partial charge < -0.3 is 10.5 Å². The van der Waals surface area contributed by atoms with Gasteiger partial charge >= 0.3 is 0 Å². The van der Waals surface area contributed by atoms with Crippen LogP contribution in [-0.2, 0) is 16.4 Å². The second-order valence-electron chi connectivity index (χ2n) is 4.39. The summed E-state index contributed by atoms with van der Waals surface area (Å²) in [5.41, 5.74) is 6.99. The predicted octanol–water partition coefficient (Wildman–Crippen LogP) is 2.90. The minimum Gasteiger partial charge on any atom is -0.487 e. The minimum atomic E-state index is -3.27. The van der Waals surface area contributed by atoms with Crippen LogP contribution in [0.15, 0.2) is 47.4 Å². The van der Waals surface area contributed by atoms with E-state index in [0.717, 1.165) is 11.8 Å². The van der Waals surface area contributed by atoms with Gasteiger partial charge in [0.15, 0.2) is 9.84 Å². The van der Waals surface area contributed by atoms with Crippen molar-refractivity contribution in [3.63, 3.8) is 0 Å². The molecular formula is C14H14ClNO3S. The lowest BCUT2D eigenvalue weighted by Crippen LogP contribution is -2.02. The highest BCUT2D eigenvalue weighted by atomic mass is 35.5. The third-order valence-electron chi connectivity index (χ3n) is 2.69. The van der Waals surface area contributed by atoms with Crippen molar-refractivity contribution in [2.45, 2.75) is 11.5 Å². The van der Waals surface area contributed by atoms with E-state index in [-0.39, 0.29) is 10.6 Å². The van der Waals surface area contributed by atoms with Gasteiger partial charge in [0.05, 0.1) is 10.6 Å². The van der Waals surface area contributed by atoms with Gasteiger partial charge in [-0.15, -0.1) is 0 Å². The Balaban J connectivity index is 2.15. The number of halogens is 1. The summed E-state index contributed by atoms with van der Waals surface area (Å²) in [6.45, 7) is 0.309. The molecule has 2 rings (SSSR count). The van der Waals surface area contributed by atoms with Crippen LogP contribution in [0.4, 0.5) is 5.69 Å². The Kier molecular flexibility index (Phi) is 4.20. The second kappa shape index (κ2) is 5.73. The molecule has 0 unspecified atom stereocenters. The molecule has 0 heterocycles. The Morgan fingerprint density at radius 2 is 1.95 bits per heavy atom. The summed E-state index contributed by atoms with van der Waals surface area (Å²) in [5.74, 6) is 0.442. The van der Waals surface area contributed by atoms with Crippen LogP contribution >= 0.6 is 11.6 Å². The lowest BCUT2D eigenvalue weighted by atomic mass is 10.2. The van der Waals surface area contributed by atoms with Gasteiger partial charge in [-0.2, -0.15) is 0 Å². The van der Waals surface area contributed by atoms with Crippen LogP contribution in [0.5, 0.6) is 5.75 Å². The molecule has 0 bridgehead atoms. The first-order chi connectivity index (χ1) is 9.36. The van der Waals surface area contributed by atoms with Gasteiger partial charge in [-0.05, 0) is 35.9 Å². The van der Waals surface area contributed by atoms with Gasteiger partial charge in [0.25, 0.3) is 0 Å². The number of nitrogen functional groups attached to an aromatic ring is 1. The van der Waals surface area contributed by atoms with Crippen molar-refractivity contribution in [3.05, 3.63) is 53.1 Å². The molecule has 0 saturated heterocycles. The number of anilines is 1. The summed E-state index contributed by atoms with van der Waals surface area (Å²) < 4.78 is 28.4.